The average Bonchev–Trinajstić information content (AvgIpc) is 2.52. The molecule has 0 unspecified atom stereocenters. The number of aliphatic hydroxyl groups is 3. The van der Waals surface area contributed by atoms with E-state index in [9.17, 15) is 19.6 Å². The van der Waals surface area contributed by atoms with E-state index in [0.29, 0.717) is 0 Å². The molecule has 2 atom stereocenters. The van der Waals surface area contributed by atoms with Crippen LogP contribution in [0.15, 0.2) is 11.5 Å². The van der Waals surface area contributed by atoms with Gasteiger partial charge in [-0.15, -0.1) is 0 Å². The Kier molecular flexibility index (Phi) is 2.69. The summed E-state index contributed by atoms with van der Waals surface area (Å²) in [6, 6.07) is 0. The minimum absolute atomic E-state index is 0.441. The van der Waals surface area contributed by atoms with Crippen molar-refractivity contribution in [2.24, 2.45) is 0 Å². The van der Waals surface area contributed by atoms with Crippen molar-refractivity contribution in [3.05, 3.63) is 11.5 Å². The predicted molar refractivity (Wildman–Crippen MR) is 50.3 cm³/mol. The maximum atomic E-state index is 11.1. The molecule has 10 nitrogen and oxygen atoms in total. The zero-order valence-electron chi connectivity index (χ0n) is 8.51. The van der Waals surface area contributed by atoms with E-state index >= 15 is 0 Å². The zero-order valence-corrected chi connectivity index (χ0v) is 12.3. The van der Waals surface area contributed by atoms with Gasteiger partial charge < -0.3 is 0 Å². The quantitative estimate of drug-likeness (QED) is 0.301. The molecule has 12 heteroatoms. The van der Waals surface area contributed by atoms with Gasteiger partial charge >= 0.3 is 105 Å². The Morgan fingerprint density at radius 3 is 2.56 bits per heavy atom. The van der Waals surface area contributed by atoms with Crippen molar-refractivity contribution in [2.45, 2.75) is 12.2 Å². The van der Waals surface area contributed by atoms with Crippen molar-refractivity contribution >= 4 is 33.8 Å². The molecular formula is C6H7O10PSn. The zero-order chi connectivity index (χ0) is 13.1. The molecule has 0 aromatic heterocycles. The molecule has 4 aliphatic rings. The molecule has 0 saturated carbocycles. The van der Waals surface area contributed by atoms with Crippen molar-refractivity contribution in [1.29, 1.82) is 0 Å². The summed E-state index contributed by atoms with van der Waals surface area (Å²) in [5.74, 6) is -2.43. The number of carbonyl (C=O) groups excluding carboxylic acids is 1. The van der Waals surface area contributed by atoms with Crippen LogP contribution in [-0.2, 0) is 25.8 Å². The number of carbonyl (C=O) groups is 1. The molecule has 100 valence electrons. The van der Waals surface area contributed by atoms with Gasteiger partial charge in [0.2, 0.25) is 0 Å². The van der Waals surface area contributed by atoms with E-state index in [1.807, 2.05) is 0 Å². The average molecular weight is 389 g/mol. The number of aliphatic hydroxyl groups excluding tert-OH is 3. The topological polar surface area (TPSA) is 141 Å². The Balaban J connectivity index is 1.79. The molecule has 2 bridgehead atoms. The molecular weight excluding hydrogens is 382 g/mol. The summed E-state index contributed by atoms with van der Waals surface area (Å²) < 4.78 is 34.9. The Morgan fingerprint density at radius 1 is 1.44 bits per heavy atom. The van der Waals surface area contributed by atoms with Gasteiger partial charge in [-0.3, -0.25) is 0 Å². The Hall–Kier alpha value is -0.361. The van der Waals surface area contributed by atoms with Crippen molar-refractivity contribution in [3.8, 4) is 0 Å². The van der Waals surface area contributed by atoms with Crippen LogP contribution in [0.25, 0.3) is 0 Å². The van der Waals surface area contributed by atoms with Crippen molar-refractivity contribution < 1.29 is 41.1 Å². The van der Waals surface area contributed by atoms with Gasteiger partial charge in [-0.25, -0.2) is 0 Å². The molecule has 3 fully saturated rings. The van der Waals surface area contributed by atoms with Gasteiger partial charge in [-0.2, -0.15) is 0 Å². The van der Waals surface area contributed by atoms with Crippen LogP contribution in [0.5, 0.6) is 0 Å². The van der Waals surface area contributed by atoms with Gasteiger partial charge in [0.1, 0.15) is 0 Å². The first kappa shape index (κ1) is 12.7. The van der Waals surface area contributed by atoms with Gasteiger partial charge in [0.05, 0.1) is 0 Å². The van der Waals surface area contributed by atoms with E-state index in [0.717, 1.165) is 0 Å². The van der Waals surface area contributed by atoms with Crippen LogP contribution in [0.2, 0.25) is 0 Å². The first-order valence-corrected chi connectivity index (χ1v) is 10.8. The fraction of sp³-hybridized carbons (Fsp3) is 0.500. The monoisotopic (exact) mass is 390 g/mol. The molecule has 0 radical (unpaired) electrons. The molecule has 0 amide bonds. The molecule has 18 heavy (non-hydrogen) atoms. The minimum atomic E-state index is -4.33. The van der Waals surface area contributed by atoms with Crippen molar-refractivity contribution in [2.75, 3.05) is 6.61 Å². The first-order valence-electron chi connectivity index (χ1n) is 4.72. The summed E-state index contributed by atoms with van der Waals surface area (Å²) in [6.45, 7) is -0.721. The second-order valence-electron chi connectivity index (χ2n) is 3.61. The normalized spacial score (nSPS) is 43.0. The Morgan fingerprint density at radius 2 is 2.06 bits per heavy atom. The molecule has 4 heterocycles. The molecule has 0 aliphatic carbocycles. The molecule has 3 saturated heterocycles. The van der Waals surface area contributed by atoms with Crippen LogP contribution in [-0.4, -0.2) is 60.1 Å². The molecule has 3 N–H and O–H groups in total. The number of esters is 1. The van der Waals surface area contributed by atoms with Gasteiger partial charge in [-0.1, -0.05) is 0 Å². The van der Waals surface area contributed by atoms with E-state index in [2.05, 4.69) is 4.74 Å². The van der Waals surface area contributed by atoms with Gasteiger partial charge in [0.15, 0.2) is 0 Å². The second kappa shape index (κ2) is 3.82. The predicted octanol–water partition coefficient (Wildman–Crippen LogP) is -1.33. The summed E-state index contributed by atoms with van der Waals surface area (Å²) in [6.07, 6.45) is -2.87. The van der Waals surface area contributed by atoms with Gasteiger partial charge in [-0.05, 0) is 0 Å². The maximum absolute atomic E-state index is 11.1. The standard InChI is InChI=1S/C6H8O6.H3O4P.Sn/c7-1-2(8)5-3(9)4(10)6(11)12-5;1-5(2,3)4;/h2,5,7-10H,1H2;(H3,1,2,3,4);/q;;+4/p-4/t2-,5+;;/m0../s1. The van der Waals surface area contributed by atoms with Crippen molar-refractivity contribution in [3.63, 3.8) is 0 Å². The van der Waals surface area contributed by atoms with Gasteiger partial charge in [0, 0.05) is 0 Å². The van der Waals surface area contributed by atoms with Crippen LogP contribution in [0, 0.1) is 0 Å². The molecule has 0 spiro atoms. The van der Waals surface area contributed by atoms with E-state index in [1.165, 1.54) is 0 Å². The molecule has 0 aromatic carbocycles. The van der Waals surface area contributed by atoms with Gasteiger partial charge in [0.25, 0.3) is 0 Å². The summed E-state index contributed by atoms with van der Waals surface area (Å²) in [5, 5.41) is 27.6. The van der Waals surface area contributed by atoms with Crippen LogP contribution in [0.4, 0.5) is 0 Å². The van der Waals surface area contributed by atoms with Crippen LogP contribution < -0.4 is 0 Å². The first-order chi connectivity index (χ1) is 8.38. The summed E-state index contributed by atoms with van der Waals surface area (Å²) in [4.78, 5) is 11.1. The third-order valence-corrected chi connectivity index (χ3v) is 16.5. The van der Waals surface area contributed by atoms with E-state index in [-0.39, 0.29) is 0 Å². The SMILES string of the molecule is O=C1O[C@H]([C@@H](O)CO)C([O][Sn]23[O]P(=O)([O]2)[O]3)=C1O. The van der Waals surface area contributed by atoms with Crippen molar-refractivity contribution in [1.82, 2.24) is 0 Å². The van der Waals surface area contributed by atoms with Crippen LogP contribution in [0.1, 0.15) is 0 Å². The number of phosphoric acid groups is 1. The summed E-state index contributed by atoms with van der Waals surface area (Å²) >= 11 is -4.33. The second-order valence-corrected chi connectivity index (χ2v) is 13.2. The van der Waals surface area contributed by atoms with E-state index < -0.39 is 64.2 Å². The fourth-order valence-corrected chi connectivity index (χ4v) is 12.2. The number of ether oxygens (including phenoxy) is 1. The molecule has 4 rings (SSSR count). The van der Waals surface area contributed by atoms with Crippen LogP contribution in [0.3, 0.4) is 0 Å². The van der Waals surface area contributed by atoms with Crippen LogP contribution >= 0.6 is 7.82 Å². The number of hydrogen-bond acceptors (Lipinski definition) is 10. The van der Waals surface area contributed by atoms with E-state index in [4.69, 9.17) is 16.8 Å². The fourth-order valence-electron chi connectivity index (χ4n) is 1.54. The third kappa shape index (κ3) is 1.68. The number of rotatable bonds is 4. The molecule has 4 aliphatic heterocycles. The Labute approximate surface area is 105 Å². The summed E-state index contributed by atoms with van der Waals surface area (Å²) in [7, 11) is -3.40. The Bertz CT molecular complexity index is 474. The third-order valence-electron chi connectivity index (χ3n) is 2.36. The number of cyclic esters (lactones) is 1. The summed E-state index contributed by atoms with van der Waals surface area (Å²) in [5.41, 5.74) is 0. The molecule has 0 aromatic rings. The van der Waals surface area contributed by atoms with E-state index in [1.54, 1.807) is 0 Å². The number of hydrogen-bond donors (Lipinski definition) is 3.